The Morgan fingerprint density at radius 1 is 1.42 bits per heavy atom. The fraction of sp³-hybridized carbons (Fsp3) is 0.583. The molecule has 1 heterocycles. The highest BCUT2D eigenvalue weighted by atomic mass is 32.2. The van der Waals surface area contributed by atoms with E-state index in [1.165, 1.54) is 17.9 Å². The molecule has 2 rings (SSSR count). The van der Waals surface area contributed by atoms with E-state index in [-0.39, 0.29) is 16.2 Å². The van der Waals surface area contributed by atoms with Gasteiger partial charge in [-0.05, 0) is 24.8 Å². The molecule has 5 nitrogen and oxygen atoms in total. The first kappa shape index (κ1) is 14.5. The molecule has 1 saturated carbocycles. The second-order valence-electron chi connectivity index (χ2n) is 5.04. The summed E-state index contributed by atoms with van der Waals surface area (Å²) in [7, 11) is -3.72. The van der Waals surface area contributed by atoms with E-state index in [4.69, 9.17) is 5.14 Å². The predicted octanol–water partition coefficient (Wildman–Crippen LogP) is 1.70. The van der Waals surface area contributed by atoms with Crippen molar-refractivity contribution in [2.75, 3.05) is 0 Å². The van der Waals surface area contributed by atoms with E-state index < -0.39 is 10.0 Å². The third-order valence-corrected chi connectivity index (χ3v) is 5.93. The van der Waals surface area contributed by atoms with Crippen LogP contribution in [0.4, 0.5) is 0 Å². The standard InChI is InChI=1S/C12H18N2O3S2/c1-8-4-2-3-5-10(8)14-12(15)9-6-11(18-7-9)19(13,16)17/h6-8,10H,2-5H2,1H3,(H,14,15)(H2,13,16,17). The highest BCUT2D eigenvalue weighted by Gasteiger charge is 2.24. The molecule has 0 aromatic carbocycles. The zero-order chi connectivity index (χ0) is 14.0. The van der Waals surface area contributed by atoms with Crippen LogP contribution in [0, 0.1) is 5.92 Å². The smallest absolute Gasteiger partial charge is 0.252 e. The predicted molar refractivity (Wildman–Crippen MR) is 74.6 cm³/mol. The van der Waals surface area contributed by atoms with Gasteiger partial charge in [-0.15, -0.1) is 11.3 Å². The Morgan fingerprint density at radius 2 is 2.11 bits per heavy atom. The van der Waals surface area contributed by atoms with Gasteiger partial charge in [-0.25, -0.2) is 13.6 Å². The van der Waals surface area contributed by atoms with Gasteiger partial charge in [-0.1, -0.05) is 19.8 Å². The topological polar surface area (TPSA) is 89.3 Å². The van der Waals surface area contributed by atoms with Gasteiger partial charge >= 0.3 is 0 Å². The first-order chi connectivity index (χ1) is 8.88. The molecule has 1 fully saturated rings. The molecule has 1 aliphatic carbocycles. The van der Waals surface area contributed by atoms with Gasteiger partial charge in [0.25, 0.3) is 5.91 Å². The van der Waals surface area contributed by atoms with Gasteiger partial charge in [0, 0.05) is 11.4 Å². The molecule has 2 unspecified atom stereocenters. The van der Waals surface area contributed by atoms with Crippen LogP contribution in [0.2, 0.25) is 0 Å². The summed E-state index contributed by atoms with van der Waals surface area (Å²) in [6.07, 6.45) is 4.44. The first-order valence-corrected chi connectivity index (χ1v) is 8.72. The summed E-state index contributed by atoms with van der Waals surface area (Å²) in [6, 6.07) is 1.52. The Balaban J connectivity index is 2.06. The molecule has 7 heteroatoms. The van der Waals surface area contributed by atoms with Gasteiger partial charge in [-0.2, -0.15) is 0 Å². The molecule has 1 aromatic heterocycles. The van der Waals surface area contributed by atoms with Crippen molar-refractivity contribution in [3.8, 4) is 0 Å². The number of sulfonamides is 1. The summed E-state index contributed by atoms with van der Waals surface area (Å²) in [5.74, 6) is 0.249. The van der Waals surface area contributed by atoms with E-state index >= 15 is 0 Å². The lowest BCUT2D eigenvalue weighted by Gasteiger charge is -2.29. The number of primary sulfonamides is 1. The molecule has 106 valence electrons. The van der Waals surface area contributed by atoms with E-state index in [1.807, 2.05) is 0 Å². The summed E-state index contributed by atoms with van der Waals surface area (Å²) in [4.78, 5) is 12.1. The SMILES string of the molecule is CC1CCCCC1NC(=O)c1csc(S(N)(=O)=O)c1. The maximum Gasteiger partial charge on any atom is 0.252 e. The van der Waals surface area contributed by atoms with Crippen LogP contribution in [0.1, 0.15) is 43.0 Å². The Hall–Kier alpha value is -0.920. The fourth-order valence-electron chi connectivity index (χ4n) is 2.37. The highest BCUT2D eigenvalue weighted by Crippen LogP contribution is 2.25. The summed E-state index contributed by atoms with van der Waals surface area (Å²) in [6.45, 7) is 2.13. The minimum Gasteiger partial charge on any atom is -0.349 e. The number of hydrogen-bond acceptors (Lipinski definition) is 4. The normalized spacial score (nSPS) is 24.1. The lowest BCUT2D eigenvalue weighted by atomic mass is 9.86. The molecule has 1 aromatic rings. The van der Waals surface area contributed by atoms with Gasteiger partial charge in [0.1, 0.15) is 4.21 Å². The van der Waals surface area contributed by atoms with Crippen LogP contribution in [0.15, 0.2) is 15.7 Å². The zero-order valence-electron chi connectivity index (χ0n) is 10.8. The molecule has 0 bridgehead atoms. The molecule has 0 spiro atoms. The van der Waals surface area contributed by atoms with Gasteiger partial charge in [0.15, 0.2) is 0 Å². The first-order valence-electron chi connectivity index (χ1n) is 6.30. The highest BCUT2D eigenvalue weighted by molar-refractivity contribution is 7.91. The van der Waals surface area contributed by atoms with Crippen LogP contribution in [0.3, 0.4) is 0 Å². The quantitative estimate of drug-likeness (QED) is 0.890. The second kappa shape index (κ2) is 5.60. The lowest BCUT2D eigenvalue weighted by Crippen LogP contribution is -2.40. The third-order valence-electron chi connectivity index (χ3n) is 3.55. The van der Waals surface area contributed by atoms with Crippen LogP contribution in [0.25, 0.3) is 0 Å². The van der Waals surface area contributed by atoms with E-state index in [9.17, 15) is 13.2 Å². The molecule has 3 N–H and O–H groups in total. The maximum absolute atomic E-state index is 12.1. The van der Waals surface area contributed by atoms with Gasteiger partial charge in [-0.3, -0.25) is 4.79 Å². The minimum absolute atomic E-state index is 0.0225. The van der Waals surface area contributed by atoms with Crippen LogP contribution in [-0.2, 0) is 10.0 Å². The Bertz CT molecular complexity index is 565. The van der Waals surface area contributed by atoms with Gasteiger partial charge < -0.3 is 5.32 Å². The number of thiophene rings is 1. The van der Waals surface area contributed by atoms with Crippen molar-refractivity contribution in [3.63, 3.8) is 0 Å². The van der Waals surface area contributed by atoms with E-state index in [0.29, 0.717) is 11.5 Å². The van der Waals surface area contributed by atoms with Crippen LogP contribution in [0.5, 0.6) is 0 Å². The van der Waals surface area contributed by atoms with Crippen molar-refractivity contribution >= 4 is 27.3 Å². The number of nitrogens with one attached hydrogen (secondary N) is 1. The number of amides is 1. The number of hydrogen-bond donors (Lipinski definition) is 2. The van der Waals surface area contributed by atoms with Crippen molar-refractivity contribution in [2.24, 2.45) is 11.1 Å². The lowest BCUT2D eigenvalue weighted by molar-refractivity contribution is 0.0910. The number of carbonyl (C=O) groups excluding carboxylic acids is 1. The van der Waals surface area contributed by atoms with E-state index in [0.717, 1.165) is 30.6 Å². The second-order valence-corrected chi connectivity index (χ2v) is 7.74. The van der Waals surface area contributed by atoms with Crippen LogP contribution < -0.4 is 10.5 Å². The van der Waals surface area contributed by atoms with Gasteiger partial charge in [0.05, 0.1) is 5.56 Å². The third kappa shape index (κ3) is 3.55. The van der Waals surface area contributed by atoms with Crippen molar-refractivity contribution < 1.29 is 13.2 Å². The summed E-state index contributed by atoms with van der Waals surface area (Å²) >= 11 is 0.974. The average molecular weight is 302 g/mol. The van der Waals surface area contributed by atoms with Crippen LogP contribution in [-0.4, -0.2) is 20.4 Å². The molecule has 0 saturated heterocycles. The average Bonchev–Trinajstić information content (AvgIpc) is 2.81. The molecule has 1 amide bonds. The number of rotatable bonds is 3. The number of carbonyl (C=O) groups is 1. The minimum atomic E-state index is -3.72. The largest absolute Gasteiger partial charge is 0.349 e. The van der Waals surface area contributed by atoms with E-state index in [1.54, 1.807) is 0 Å². The van der Waals surface area contributed by atoms with Crippen LogP contribution >= 0.6 is 11.3 Å². The molecule has 19 heavy (non-hydrogen) atoms. The van der Waals surface area contributed by atoms with Crippen molar-refractivity contribution in [3.05, 3.63) is 17.0 Å². The summed E-state index contributed by atoms with van der Waals surface area (Å²) in [5, 5.41) is 9.54. The zero-order valence-corrected chi connectivity index (χ0v) is 12.4. The number of nitrogens with two attached hydrogens (primary N) is 1. The molecular weight excluding hydrogens is 284 g/mol. The van der Waals surface area contributed by atoms with Gasteiger partial charge in [0.2, 0.25) is 10.0 Å². The van der Waals surface area contributed by atoms with Crippen molar-refractivity contribution in [2.45, 2.75) is 42.9 Å². The Labute approximate surface area is 117 Å². The summed E-state index contributed by atoms with van der Waals surface area (Å²) < 4.78 is 22.4. The van der Waals surface area contributed by atoms with Crippen molar-refractivity contribution in [1.82, 2.24) is 5.32 Å². The maximum atomic E-state index is 12.1. The Kier molecular flexibility index (Phi) is 4.27. The van der Waals surface area contributed by atoms with Crippen molar-refractivity contribution in [1.29, 1.82) is 0 Å². The molecular formula is C12H18N2O3S2. The van der Waals surface area contributed by atoms with E-state index in [2.05, 4.69) is 12.2 Å². The monoisotopic (exact) mass is 302 g/mol. The summed E-state index contributed by atoms with van der Waals surface area (Å²) in [5.41, 5.74) is 0.367. The molecule has 0 radical (unpaired) electrons. The fourth-order valence-corrected chi connectivity index (χ4v) is 3.95. The molecule has 0 aliphatic heterocycles. The molecule has 2 atom stereocenters. The molecule has 1 aliphatic rings. The Morgan fingerprint density at radius 3 is 2.68 bits per heavy atom.